The average Bonchev–Trinajstić information content (AvgIpc) is 3.96. The number of rotatable bonds is 8. The summed E-state index contributed by atoms with van der Waals surface area (Å²) in [5, 5.41) is 8.39. The van der Waals surface area contributed by atoms with Crippen LogP contribution >= 0.6 is 0 Å². The number of benzene rings is 9. The van der Waals surface area contributed by atoms with E-state index in [2.05, 4.69) is 227 Å². The summed E-state index contributed by atoms with van der Waals surface area (Å²) < 4.78 is 9.25. The molecule has 0 saturated heterocycles. The maximum absolute atomic E-state index is 6.87. The van der Waals surface area contributed by atoms with Gasteiger partial charge in [-0.2, -0.15) is 0 Å². The Morgan fingerprint density at radius 2 is 1.20 bits per heavy atom. The number of fused-ring (bicyclic) bond motifs is 7. The molecule has 0 aliphatic rings. The Morgan fingerprint density at radius 3 is 1.89 bits per heavy atom. The maximum atomic E-state index is 6.87. The van der Waals surface area contributed by atoms with Crippen molar-refractivity contribution < 1.29 is 24.5 Å². The van der Waals surface area contributed by atoms with Crippen LogP contribution in [0.5, 0.6) is 0 Å². The van der Waals surface area contributed by atoms with Crippen molar-refractivity contribution >= 4 is 67.8 Å². The number of para-hydroxylation sites is 2. The molecule has 0 bridgehead atoms. The molecule has 0 aliphatic heterocycles. The van der Waals surface area contributed by atoms with Gasteiger partial charge in [-0.1, -0.05) is 174 Å². The molecule has 0 atom stereocenters. The molecule has 0 amide bonds. The summed E-state index contributed by atoms with van der Waals surface area (Å²) in [6, 6.07) is 73.5. The summed E-state index contributed by atoms with van der Waals surface area (Å²) in [5.41, 5.74) is 15.2. The largest absolute Gasteiger partial charge is 0.501 e. The van der Waals surface area contributed by atoms with E-state index in [0.29, 0.717) is 0 Å². The van der Waals surface area contributed by atoms with E-state index in [4.69, 9.17) is 9.40 Å². The van der Waals surface area contributed by atoms with Gasteiger partial charge in [0, 0.05) is 37.4 Å². The molecule has 0 aliphatic carbocycles. The predicted octanol–water partition coefficient (Wildman–Crippen LogP) is 17.4. The van der Waals surface area contributed by atoms with Crippen LogP contribution < -0.4 is 5.19 Å². The van der Waals surface area contributed by atoms with Crippen LogP contribution in [0, 0.1) is 12.1 Å². The minimum Gasteiger partial charge on any atom is -0.501 e. The molecule has 3 aromatic heterocycles. The van der Waals surface area contributed by atoms with Crippen molar-refractivity contribution in [3.05, 3.63) is 218 Å². The normalized spacial score (nSPS) is 11.7. The van der Waals surface area contributed by atoms with Crippen LogP contribution in [0.4, 0.5) is 0 Å². The minimum atomic E-state index is -1.23. The Morgan fingerprint density at radius 1 is 0.535 bits per heavy atom. The van der Waals surface area contributed by atoms with Gasteiger partial charge in [0.05, 0.1) is 30.5 Å². The van der Waals surface area contributed by atoms with Gasteiger partial charge in [-0.15, -0.1) is 54.1 Å². The monoisotopic (exact) mass is 1110 g/mol. The third kappa shape index (κ3) is 9.09. The fourth-order valence-electron chi connectivity index (χ4n) is 9.85. The summed E-state index contributed by atoms with van der Waals surface area (Å²) in [7, 11) is -1.23. The molecule has 12 rings (SSSR count). The molecular formula is C65H55IrN3OSi-2. The standard InChI is InChI=1S/C51H39N2O.C14H16NSi.Ir/c1-31(2)42-28-38(35-23-21-34(22-24-35)33-13-6-5-7-14-33)29-43(32(3)4)49(42)53-47-20-11-10-19-46(47)52-51(53)41-18-12-17-40-45-27-37-26-25-36-15-8-9-16-39(36)44(37)30-48(45)54-50(40)41;1-16(2,3)13-9-10-14(15-11-13)12-7-5-4-6-8-12;/h5-17,19-32H,1-4H3;4-7,9-11H,1-3H3;/q2*-1;. The zero-order valence-corrected chi connectivity index (χ0v) is 44.6. The van der Waals surface area contributed by atoms with Gasteiger partial charge in [0.2, 0.25) is 0 Å². The van der Waals surface area contributed by atoms with Gasteiger partial charge in [-0.05, 0) is 114 Å². The van der Waals surface area contributed by atoms with E-state index in [1.165, 1.54) is 65.8 Å². The second kappa shape index (κ2) is 19.5. The zero-order valence-electron chi connectivity index (χ0n) is 41.2. The topological polar surface area (TPSA) is 43.9 Å². The van der Waals surface area contributed by atoms with Crippen LogP contribution in [0.3, 0.4) is 0 Å². The number of furan rings is 1. The quantitative estimate of drug-likeness (QED) is 0.0865. The van der Waals surface area contributed by atoms with E-state index in [1.54, 1.807) is 0 Å². The maximum Gasteiger partial charge on any atom is 0.121 e. The first-order valence-electron chi connectivity index (χ1n) is 24.4. The SMILES string of the molecule is CC(C)c1cc(-c2ccc(-c3ccccc3)cc2)cc(C(C)C)c1-n1c(-c2[c-]ccc3c2oc2cc4c(ccc5ccccc54)cc23)nc2ccccc21.C[Si](C)(C)c1ccc(-c2[c-]cccc2)nc1.[Ir]. The predicted molar refractivity (Wildman–Crippen MR) is 298 cm³/mol. The second-order valence-electron chi connectivity index (χ2n) is 20.0. The molecule has 4 nitrogen and oxygen atoms in total. The molecule has 6 heteroatoms. The van der Waals surface area contributed by atoms with Crippen LogP contribution in [0.15, 0.2) is 199 Å². The molecular weight excluding hydrogens is 1060 g/mol. The molecule has 0 unspecified atom stereocenters. The molecule has 1 radical (unpaired) electrons. The molecule has 0 N–H and O–H groups in total. The number of hydrogen-bond donors (Lipinski definition) is 0. The Labute approximate surface area is 431 Å². The van der Waals surface area contributed by atoms with Gasteiger partial charge < -0.3 is 14.0 Å². The molecule has 9 aromatic carbocycles. The van der Waals surface area contributed by atoms with Gasteiger partial charge in [0.15, 0.2) is 0 Å². The average molecular weight is 1110 g/mol. The van der Waals surface area contributed by atoms with E-state index < -0.39 is 8.07 Å². The van der Waals surface area contributed by atoms with E-state index in [0.717, 1.165) is 55.6 Å². The van der Waals surface area contributed by atoms with Crippen LogP contribution in [-0.2, 0) is 20.1 Å². The molecule has 0 fully saturated rings. The smallest absolute Gasteiger partial charge is 0.121 e. The van der Waals surface area contributed by atoms with E-state index in [9.17, 15) is 0 Å². The first-order valence-corrected chi connectivity index (χ1v) is 27.9. The summed E-state index contributed by atoms with van der Waals surface area (Å²) in [5.74, 6) is 1.34. The van der Waals surface area contributed by atoms with E-state index >= 15 is 0 Å². The number of aromatic nitrogens is 3. The van der Waals surface area contributed by atoms with Crippen molar-refractivity contribution in [2.45, 2.75) is 59.2 Å². The van der Waals surface area contributed by atoms with Crippen molar-refractivity contribution in [1.82, 2.24) is 14.5 Å². The first kappa shape index (κ1) is 47.5. The van der Waals surface area contributed by atoms with Crippen LogP contribution in [0.25, 0.3) is 105 Å². The molecule has 351 valence electrons. The van der Waals surface area contributed by atoms with Crippen LogP contribution in [-0.4, -0.2) is 22.6 Å². The summed E-state index contributed by atoms with van der Waals surface area (Å²) in [6.45, 7) is 16.2. The van der Waals surface area contributed by atoms with Crippen molar-refractivity contribution in [3.63, 3.8) is 0 Å². The van der Waals surface area contributed by atoms with Gasteiger partial charge in [-0.25, -0.2) is 0 Å². The molecule has 0 spiro atoms. The number of nitrogens with zero attached hydrogens (tertiary/aromatic N) is 3. The third-order valence-corrected chi connectivity index (χ3v) is 15.7. The van der Waals surface area contributed by atoms with Crippen molar-refractivity contribution in [2.75, 3.05) is 0 Å². The van der Waals surface area contributed by atoms with Gasteiger partial charge in [0.1, 0.15) is 5.58 Å². The fraction of sp³-hybridized carbons (Fsp3) is 0.138. The Kier molecular flexibility index (Phi) is 13.1. The van der Waals surface area contributed by atoms with Crippen molar-refractivity contribution in [2.24, 2.45) is 0 Å². The molecule has 3 heterocycles. The minimum absolute atomic E-state index is 0. The number of pyridine rings is 1. The van der Waals surface area contributed by atoms with Crippen LogP contribution in [0.2, 0.25) is 19.6 Å². The van der Waals surface area contributed by atoms with Crippen molar-refractivity contribution in [1.29, 1.82) is 0 Å². The van der Waals surface area contributed by atoms with Gasteiger partial charge in [-0.3, -0.25) is 4.98 Å². The fourth-order valence-corrected chi connectivity index (χ4v) is 10.9. The zero-order chi connectivity index (χ0) is 48.1. The second-order valence-corrected chi connectivity index (χ2v) is 25.1. The number of hydrogen-bond acceptors (Lipinski definition) is 3. The summed E-state index contributed by atoms with van der Waals surface area (Å²) >= 11 is 0. The van der Waals surface area contributed by atoms with Gasteiger partial charge >= 0.3 is 0 Å². The van der Waals surface area contributed by atoms with E-state index in [1.807, 2.05) is 36.5 Å². The molecule has 71 heavy (non-hydrogen) atoms. The molecule has 12 aromatic rings. The van der Waals surface area contributed by atoms with Crippen molar-refractivity contribution in [3.8, 4) is 50.6 Å². The Bertz CT molecular complexity index is 3820. The van der Waals surface area contributed by atoms with Crippen LogP contribution in [0.1, 0.15) is 50.7 Å². The summed E-state index contributed by atoms with van der Waals surface area (Å²) in [4.78, 5) is 9.89. The third-order valence-electron chi connectivity index (χ3n) is 13.7. The number of imidazole rings is 1. The van der Waals surface area contributed by atoms with E-state index in [-0.39, 0.29) is 31.9 Å². The Hall–Kier alpha value is -7.21. The van der Waals surface area contributed by atoms with Gasteiger partial charge in [0.25, 0.3) is 0 Å². The molecule has 0 saturated carbocycles. The summed E-state index contributed by atoms with van der Waals surface area (Å²) in [6.07, 6.45) is 2.02. The first-order chi connectivity index (χ1) is 34.0. The Balaban J connectivity index is 0.000000292.